The molecule has 0 saturated heterocycles. The molecule has 0 unspecified atom stereocenters. The average molecular weight is 526 g/mol. The van der Waals surface area contributed by atoms with E-state index in [2.05, 4.69) is 15.2 Å². The van der Waals surface area contributed by atoms with Gasteiger partial charge in [0.05, 0.1) is 30.9 Å². The first-order chi connectivity index (χ1) is 18.3. The molecular weight excluding hydrogens is 495 g/mol. The van der Waals surface area contributed by atoms with Crippen molar-refractivity contribution in [3.8, 4) is 16.9 Å². The lowest BCUT2D eigenvalue weighted by Crippen LogP contribution is -2.35. The average Bonchev–Trinajstić information content (AvgIpc) is 3.38. The molecule has 0 fully saturated rings. The number of carbonyl (C=O) groups excluding carboxylic acids is 1. The predicted octanol–water partition coefficient (Wildman–Crippen LogP) is 5.56. The third kappa shape index (κ3) is 6.13. The highest BCUT2D eigenvalue weighted by molar-refractivity contribution is 5.96. The highest BCUT2D eigenvalue weighted by Crippen LogP contribution is 2.34. The maximum absolute atomic E-state index is 13.9. The number of H-pyrrole nitrogens is 1. The Bertz CT molecular complexity index is 1390. The van der Waals surface area contributed by atoms with Gasteiger partial charge in [-0.1, -0.05) is 12.1 Å². The van der Waals surface area contributed by atoms with Crippen molar-refractivity contribution in [2.45, 2.75) is 25.8 Å². The molecule has 0 radical (unpaired) electrons. The number of fused-ring (bicyclic) bond motifs is 1. The molecule has 7 nitrogen and oxygen atoms in total. The van der Waals surface area contributed by atoms with E-state index in [9.17, 15) is 18.0 Å². The van der Waals surface area contributed by atoms with E-state index in [1.165, 1.54) is 17.0 Å². The Labute approximate surface area is 219 Å². The van der Waals surface area contributed by atoms with Gasteiger partial charge in [-0.3, -0.25) is 14.9 Å². The number of alkyl halides is 2. The molecule has 0 aliphatic rings. The Morgan fingerprint density at radius 2 is 1.92 bits per heavy atom. The van der Waals surface area contributed by atoms with Gasteiger partial charge in [-0.15, -0.1) is 0 Å². The largest absolute Gasteiger partial charge is 0.493 e. The smallest absolute Gasteiger partial charge is 0.254 e. The van der Waals surface area contributed by atoms with Crippen LogP contribution in [0.3, 0.4) is 0 Å². The molecule has 38 heavy (non-hydrogen) atoms. The summed E-state index contributed by atoms with van der Waals surface area (Å²) in [5.41, 5.74) is 3.16. The number of carbonyl (C=O) groups is 1. The Kier molecular flexibility index (Phi) is 8.62. The van der Waals surface area contributed by atoms with Crippen LogP contribution in [0.2, 0.25) is 0 Å². The number of benzene rings is 2. The van der Waals surface area contributed by atoms with E-state index >= 15 is 0 Å². The normalized spacial score (nSPS) is 12.3. The number of nitrogens with one attached hydrogen (secondary N) is 1. The van der Waals surface area contributed by atoms with Crippen LogP contribution in [0.4, 0.5) is 13.2 Å². The van der Waals surface area contributed by atoms with Gasteiger partial charge in [0, 0.05) is 48.1 Å². The number of aromatic amines is 1. The van der Waals surface area contributed by atoms with Gasteiger partial charge in [0.15, 0.2) is 0 Å². The van der Waals surface area contributed by atoms with Crippen LogP contribution in [0, 0.1) is 5.82 Å². The van der Waals surface area contributed by atoms with E-state index in [1.54, 1.807) is 67.9 Å². The number of ether oxygens (including phenoxy) is 1. The van der Waals surface area contributed by atoms with Crippen molar-refractivity contribution in [2.75, 3.05) is 33.8 Å². The Morgan fingerprint density at radius 3 is 2.66 bits per heavy atom. The van der Waals surface area contributed by atoms with Gasteiger partial charge in [0.1, 0.15) is 11.6 Å². The minimum Gasteiger partial charge on any atom is -0.493 e. The minimum atomic E-state index is -2.45. The lowest BCUT2D eigenvalue weighted by molar-refractivity contribution is 0.0687. The second-order valence-electron chi connectivity index (χ2n) is 9.09. The van der Waals surface area contributed by atoms with E-state index < -0.39 is 12.5 Å². The van der Waals surface area contributed by atoms with Crippen LogP contribution in [0.25, 0.3) is 22.0 Å². The molecule has 2 heterocycles. The highest BCUT2D eigenvalue weighted by Gasteiger charge is 2.27. The number of hydrogen-bond acceptors (Lipinski definition) is 5. The highest BCUT2D eigenvalue weighted by atomic mass is 19.3. The fourth-order valence-corrected chi connectivity index (χ4v) is 4.54. The molecule has 4 aromatic rings. The summed E-state index contributed by atoms with van der Waals surface area (Å²) in [6.45, 7) is 2.17. The molecule has 1 atom stereocenters. The van der Waals surface area contributed by atoms with Crippen LogP contribution < -0.4 is 4.74 Å². The van der Waals surface area contributed by atoms with Gasteiger partial charge < -0.3 is 14.5 Å². The molecule has 1 N–H and O–H groups in total. The summed E-state index contributed by atoms with van der Waals surface area (Å²) in [6, 6.07) is 10.8. The molecule has 0 spiro atoms. The summed E-state index contributed by atoms with van der Waals surface area (Å²) in [4.78, 5) is 21.2. The van der Waals surface area contributed by atoms with Crippen LogP contribution in [-0.4, -0.2) is 71.1 Å². The summed E-state index contributed by atoms with van der Waals surface area (Å²) in [7, 11) is 3.30. The first-order valence-corrected chi connectivity index (χ1v) is 12.3. The quantitative estimate of drug-likeness (QED) is 0.277. The SMILES string of the molecule is CCOc1cc(C(=O)N(C)[C@H](CCN(C)CC(F)F)c2cncc3cn[nH]c23)ccc1-c1cccc(F)c1. The van der Waals surface area contributed by atoms with Gasteiger partial charge in [-0.2, -0.15) is 5.10 Å². The fraction of sp³-hybridized carbons (Fsp3) is 0.321. The first-order valence-electron chi connectivity index (χ1n) is 12.3. The second kappa shape index (κ2) is 12.1. The van der Waals surface area contributed by atoms with Gasteiger partial charge >= 0.3 is 0 Å². The summed E-state index contributed by atoms with van der Waals surface area (Å²) in [5, 5.41) is 7.85. The predicted molar refractivity (Wildman–Crippen MR) is 140 cm³/mol. The summed E-state index contributed by atoms with van der Waals surface area (Å²) in [5.74, 6) is -0.191. The lowest BCUT2D eigenvalue weighted by Gasteiger charge is -2.30. The van der Waals surface area contributed by atoms with Crippen LogP contribution in [-0.2, 0) is 0 Å². The molecule has 0 saturated carbocycles. The van der Waals surface area contributed by atoms with E-state index in [0.29, 0.717) is 42.0 Å². The standard InChI is InChI=1S/C28H30F3N5O2/c1-4-38-25-13-19(8-9-22(25)18-6-5-7-21(29)12-18)28(37)36(3)24(10-11-35(2)17-26(30)31)23-16-32-14-20-15-33-34-27(20)23/h5-9,12-16,24,26H,4,10-11,17H2,1-3H3,(H,33,34)/t24-/m1/s1. The molecule has 10 heteroatoms. The first kappa shape index (κ1) is 27.1. The van der Waals surface area contributed by atoms with Crippen molar-refractivity contribution in [1.29, 1.82) is 0 Å². The summed E-state index contributed by atoms with van der Waals surface area (Å²) in [6.07, 6.45) is 2.92. The molecule has 200 valence electrons. The summed E-state index contributed by atoms with van der Waals surface area (Å²) < 4.78 is 45.5. The van der Waals surface area contributed by atoms with Crippen molar-refractivity contribution >= 4 is 16.8 Å². The maximum Gasteiger partial charge on any atom is 0.254 e. The zero-order valence-corrected chi connectivity index (χ0v) is 21.5. The van der Waals surface area contributed by atoms with Crippen molar-refractivity contribution < 1.29 is 22.7 Å². The molecule has 0 bridgehead atoms. The van der Waals surface area contributed by atoms with Crippen molar-refractivity contribution in [3.05, 3.63) is 78.0 Å². The van der Waals surface area contributed by atoms with Crippen LogP contribution in [0.1, 0.15) is 35.3 Å². The number of aromatic nitrogens is 3. The maximum atomic E-state index is 13.9. The molecular formula is C28H30F3N5O2. The van der Waals surface area contributed by atoms with Gasteiger partial charge in [-0.05, 0) is 56.3 Å². The molecule has 4 rings (SSSR count). The number of pyridine rings is 1. The van der Waals surface area contributed by atoms with Gasteiger partial charge in [0.2, 0.25) is 0 Å². The van der Waals surface area contributed by atoms with Crippen LogP contribution in [0.15, 0.2) is 61.1 Å². The number of halogens is 3. The molecule has 0 aliphatic carbocycles. The van der Waals surface area contributed by atoms with E-state index in [0.717, 1.165) is 16.5 Å². The second-order valence-corrected chi connectivity index (χ2v) is 9.09. The zero-order chi connectivity index (χ0) is 27.2. The number of hydrogen-bond donors (Lipinski definition) is 1. The zero-order valence-electron chi connectivity index (χ0n) is 21.5. The fourth-order valence-electron chi connectivity index (χ4n) is 4.54. The molecule has 2 aromatic carbocycles. The van der Waals surface area contributed by atoms with Gasteiger partial charge in [-0.25, -0.2) is 13.2 Å². The Balaban J connectivity index is 1.67. The van der Waals surface area contributed by atoms with Gasteiger partial charge in [0.25, 0.3) is 12.3 Å². The van der Waals surface area contributed by atoms with E-state index in [-0.39, 0.29) is 18.3 Å². The summed E-state index contributed by atoms with van der Waals surface area (Å²) >= 11 is 0. The van der Waals surface area contributed by atoms with E-state index in [4.69, 9.17) is 4.74 Å². The Hall–Kier alpha value is -3.92. The number of rotatable bonds is 11. The monoisotopic (exact) mass is 525 g/mol. The van der Waals surface area contributed by atoms with Crippen molar-refractivity contribution in [3.63, 3.8) is 0 Å². The molecule has 1 amide bonds. The lowest BCUT2D eigenvalue weighted by atomic mass is 9.99. The van der Waals surface area contributed by atoms with Crippen molar-refractivity contribution in [1.82, 2.24) is 25.0 Å². The van der Waals surface area contributed by atoms with Crippen LogP contribution >= 0.6 is 0 Å². The minimum absolute atomic E-state index is 0.283. The van der Waals surface area contributed by atoms with Crippen molar-refractivity contribution in [2.24, 2.45) is 0 Å². The van der Waals surface area contributed by atoms with Crippen LogP contribution in [0.5, 0.6) is 5.75 Å². The number of amides is 1. The molecule has 2 aromatic heterocycles. The number of nitrogens with zero attached hydrogens (tertiary/aromatic N) is 4. The Morgan fingerprint density at radius 1 is 1.11 bits per heavy atom. The molecule has 0 aliphatic heterocycles. The van der Waals surface area contributed by atoms with E-state index in [1.807, 2.05) is 6.92 Å². The topological polar surface area (TPSA) is 74.3 Å². The third-order valence-electron chi connectivity index (χ3n) is 6.43. The third-order valence-corrected chi connectivity index (χ3v) is 6.43.